The van der Waals surface area contributed by atoms with Crippen molar-refractivity contribution in [1.82, 2.24) is 4.90 Å². The summed E-state index contributed by atoms with van der Waals surface area (Å²) in [5.41, 5.74) is 9.51. The molecular formula is C24H21ClN2O2. The van der Waals surface area contributed by atoms with Crippen LogP contribution in [0.1, 0.15) is 49.9 Å². The van der Waals surface area contributed by atoms with Gasteiger partial charge in [-0.3, -0.25) is 9.59 Å². The van der Waals surface area contributed by atoms with Crippen molar-refractivity contribution in [3.63, 3.8) is 0 Å². The van der Waals surface area contributed by atoms with Crippen molar-refractivity contribution >= 4 is 23.4 Å². The topological polar surface area (TPSA) is 63.4 Å². The van der Waals surface area contributed by atoms with Gasteiger partial charge in [0.2, 0.25) is 5.91 Å². The van der Waals surface area contributed by atoms with E-state index in [-0.39, 0.29) is 11.9 Å². The standard InChI is InChI=1S/C24H21ClN2O2/c25-21-12-6-11-20-19(21)13-14-22(20)27(24(29)16-7-2-1-3-8-16)15-17-9-4-5-10-18(17)23(26)28/h1-12,22H,13-15H2,(H2,26,28)/t22-/m1/s1. The second-order valence-corrected chi connectivity index (χ2v) is 7.59. The zero-order valence-electron chi connectivity index (χ0n) is 15.8. The zero-order valence-corrected chi connectivity index (χ0v) is 16.6. The van der Waals surface area contributed by atoms with E-state index in [1.54, 1.807) is 12.1 Å². The molecule has 0 unspecified atom stereocenters. The van der Waals surface area contributed by atoms with Crippen molar-refractivity contribution < 1.29 is 9.59 Å². The third-order valence-electron chi connectivity index (χ3n) is 5.46. The summed E-state index contributed by atoms with van der Waals surface area (Å²) < 4.78 is 0. The second kappa shape index (κ2) is 8.10. The van der Waals surface area contributed by atoms with Crippen molar-refractivity contribution in [2.75, 3.05) is 0 Å². The number of hydrogen-bond donors (Lipinski definition) is 1. The van der Waals surface area contributed by atoms with E-state index in [9.17, 15) is 9.59 Å². The van der Waals surface area contributed by atoms with Crippen LogP contribution in [-0.2, 0) is 13.0 Å². The van der Waals surface area contributed by atoms with Crippen molar-refractivity contribution in [1.29, 1.82) is 0 Å². The Morgan fingerprint density at radius 2 is 1.69 bits per heavy atom. The van der Waals surface area contributed by atoms with Crippen LogP contribution in [-0.4, -0.2) is 16.7 Å². The van der Waals surface area contributed by atoms with E-state index in [1.807, 2.05) is 65.6 Å². The number of nitrogens with zero attached hydrogens (tertiary/aromatic N) is 1. The molecule has 0 heterocycles. The van der Waals surface area contributed by atoms with E-state index in [1.165, 1.54) is 0 Å². The molecule has 4 rings (SSSR count). The van der Waals surface area contributed by atoms with Crippen molar-refractivity contribution in [3.8, 4) is 0 Å². The molecule has 1 atom stereocenters. The summed E-state index contributed by atoms with van der Waals surface area (Å²) >= 11 is 6.40. The predicted molar refractivity (Wildman–Crippen MR) is 114 cm³/mol. The highest BCUT2D eigenvalue weighted by Gasteiger charge is 2.33. The first-order valence-corrected chi connectivity index (χ1v) is 9.95. The van der Waals surface area contributed by atoms with Gasteiger partial charge in [-0.15, -0.1) is 0 Å². The molecule has 0 fully saturated rings. The average molecular weight is 405 g/mol. The molecule has 0 aromatic heterocycles. The molecular weight excluding hydrogens is 384 g/mol. The fraction of sp³-hybridized carbons (Fsp3) is 0.167. The largest absolute Gasteiger partial charge is 0.366 e. The molecule has 0 aliphatic heterocycles. The Morgan fingerprint density at radius 1 is 0.966 bits per heavy atom. The minimum atomic E-state index is -0.498. The minimum Gasteiger partial charge on any atom is -0.366 e. The summed E-state index contributed by atoms with van der Waals surface area (Å²) in [5, 5.41) is 0.731. The molecule has 2 N–H and O–H groups in total. The van der Waals surface area contributed by atoms with Crippen LogP contribution < -0.4 is 5.73 Å². The van der Waals surface area contributed by atoms with E-state index in [0.29, 0.717) is 17.7 Å². The molecule has 29 heavy (non-hydrogen) atoms. The van der Waals surface area contributed by atoms with E-state index < -0.39 is 5.91 Å². The number of fused-ring (bicyclic) bond motifs is 1. The summed E-state index contributed by atoms with van der Waals surface area (Å²) in [6.45, 7) is 0.295. The quantitative estimate of drug-likeness (QED) is 0.665. The predicted octanol–water partition coefficient (Wildman–Crippen LogP) is 4.77. The lowest BCUT2D eigenvalue weighted by Crippen LogP contribution is -2.34. The fourth-order valence-electron chi connectivity index (χ4n) is 4.06. The van der Waals surface area contributed by atoms with Gasteiger partial charge in [-0.1, -0.05) is 60.1 Å². The maximum absolute atomic E-state index is 13.5. The number of hydrogen-bond acceptors (Lipinski definition) is 2. The molecule has 0 spiro atoms. The number of benzene rings is 3. The first-order chi connectivity index (χ1) is 14.1. The minimum absolute atomic E-state index is 0.0808. The lowest BCUT2D eigenvalue weighted by Gasteiger charge is -2.31. The third kappa shape index (κ3) is 3.76. The average Bonchev–Trinajstić information content (AvgIpc) is 3.17. The van der Waals surface area contributed by atoms with E-state index >= 15 is 0 Å². The summed E-state index contributed by atoms with van der Waals surface area (Å²) in [4.78, 5) is 27.2. The van der Waals surface area contributed by atoms with Crippen molar-refractivity contribution in [2.24, 2.45) is 5.73 Å². The van der Waals surface area contributed by atoms with E-state index in [4.69, 9.17) is 17.3 Å². The number of carbonyl (C=O) groups is 2. The monoisotopic (exact) mass is 404 g/mol. The molecule has 3 aromatic carbocycles. The highest BCUT2D eigenvalue weighted by Crippen LogP contribution is 2.40. The molecule has 0 saturated heterocycles. The van der Waals surface area contributed by atoms with Crippen molar-refractivity contribution in [3.05, 3.63) is 106 Å². The molecule has 0 bridgehead atoms. The van der Waals surface area contributed by atoms with Gasteiger partial charge < -0.3 is 10.6 Å². The van der Waals surface area contributed by atoms with E-state index in [2.05, 4.69) is 0 Å². The zero-order chi connectivity index (χ0) is 20.4. The van der Waals surface area contributed by atoms with E-state index in [0.717, 1.165) is 34.6 Å². The number of rotatable bonds is 5. The van der Waals surface area contributed by atoms with Crippen LogP contribution in [0.25, 0.3) is 0 Å². The highest BCUT2D eigenvalue weighted by molar-refractivity contribution is 6.31. The van der Waals surface area contributed by atoms with Gasteiger partial charge in [0.1, 0.15) is 0 Å². The number of nitrogens with two attached hydrogens (primary N) is 1. The third-order valence-corrected chi connectivity index (χ3v) is 5.82. The smallest absolute Gasteiger partial charge is 0.254 e. The summed E-state index contributed by atoms with van der Waals surface area (Å²) in [7, 11) is 0. The van der Waals surface area contributed by atoms with Crippen LogP contribution >= 0.6 is 11.6 Å². The lowest BCUT2D eigenvalue weighted by atomic mass is 10.0. The molecule has 146 valence electrons. The number of amides is 2. The summed E-state index contributed by atoms with van der Waals surface area (Å²) in [6, 6.07) is 22.1. The molecule has 1 aliphatic carbocycles. The Bertz CT molecular complexity index is 1070. The Kier molecular flexibility index (Phi) is 5.36. The Balaban J connectivity index is 1.77. The fourth-order valence-corrected chi connectivity index (χ4v) is 4.34. The van der Waals surface area contributed by atoms with Gasteiger partial charge >= 0.3 is 0 Å². The summed E-state index contributed by atoms with van der Waals surface area (Å²) in [6.07, 6.45) is 1.60. The normalized spacial score (nSPS) is 15.0. The second-order valence-electron chi connectivity index (χ2n) is 7.18. The van der Waals surface area contributed by atoms with Gasteiger partial charge in [-0.05, 0) is 53.8 Å². The maximum atomic E-state index is 13.5. The van der Waals surface area contributed by atoms with Crippen LogP contribution in [0.2, 0.25) is 5.02 Å². The Labute approximate surface area is 174 Å². The van der Waals surface area contributed by atoms with Gasteiger partial charge in [0.25, 0.3) is 5.91 Å². The molecule has 0 radical (unpaired) electrons. The van der Waals surface area contributed by atoms with Crippen LogP contribution in [0.3, 0.4) is 0 Å². The van der Waals surface area contributed by atoms with Gasteiger partial charge in [0.05, 0.1) is 6.04 Å². The van der Waals surface area contributed by atoms with Crippen LogP contribution in [0.15, 0.2) is 72.8 Å². The SMILES string of the molecule is NC(=O)c1ccccc1CN(C(=O)c1ccccc1)[C@@H]1CCc2c(Cl)cccc21. The van der Waals surface area contributed by atoms with Crippen molar-refractivity contribution in [2.45, 2.75) is 25.4 Å². The van der Waals surface area contributed by atoms with Gasteiger partial charge in [0, 0.05) is 22.7 Å². The Morgan fingerprint density at radius 3 is 2.45 bits per heavy atom. The molecule has 2 amide bonds. The molecule has 5 heteroatoms. The van der Waals surface area contributed by atoms with Gasteiger partial charge in [-0.2, -0.15) is 0 Å². The Hall–Kier alpha value is -3.11. The molecule has 3 aromatic rings. The van der Waals surface area contributed by atoms with Gasteiger partial charge in [0.15, 0.2) is 0 Å². The first-order valence-electron chi connectivity index (χ1n) is 9.57. The summed E-state index contributed by atoms with van der Waals surface area (Å²) in [5.74, 6) is -0.578. The first kappa shape index (κ1) is 19.2. The van der Waals surface area contributed by atoms with Crippen LogP contribution in [0.5, 0.6) is 0 Å². The molecule has 4 nitrogen and oxygen atoms in total. The van der Waals surface area contributed by atoms with Crippen LogP contribution in [0, 0.1) is 0 Å². The highest BCUT2D eigenvalue weighted by atomic mass is 35.5. The number of carbonyl (C=O) groups excluding carboxylic acids is 2. The number of primary amides is 1. The molecule has 1 aliphatic rings. The number of halogens is 1. The van der Waals surface area contributed by atoms with Gasteiger partial charge in [-0.25, -0.2) is 0 Å². The molecule has 0 saturated carbocycles. The maximum Gasteiger partial charge on any atom is 0.254 e. The van der Waals surface area contributed by atoms with Crippen LogP contribution in [0.4, 0.5) is 0 Å². The lowest BCUT2D eigenvalue weighted by molar-refractivity contribution is 0.0656.